The first-order chi connectivity index (χ1) is 10.5. The summed E-state index contributed by atoms with van der Waals surface area (Å²) < 4.78 is 42.3. The van der Waals surface area contributed by atoms with Crippen LogP contribution >= 0.6 is 0 Å². The fourth-order valence-electron chi connectivity index (χ4n) is 2.06. The van der Waals surface area contributed by atoms with Gasteiger partial charge in [-0.3, -0.25) is 4.79 Å². The molecular weight excluding hydrogens is 295 g/mol. The van der Waals surface area contributed by atoms with Crippen molar-refractivity contribution < 1.29 is 22.7 Å². The number of ether oxygens (including phenoxy) is 1. The zero-order valence-electron chi connectivity index (χ0n) is 11.8. The summed E-state index contributed by atoms with van der Waals surface area (Å²) in [4.78, 5) is 11.5. The highest BCUT2D eigenvalue weighted by Gasteiger charge is 2.12. The van der Waals surface area contributed by atoms with Crippen LogP contribution in [-0.2, 0) is 6.54 Å². The largest absolute Gasteiger partial charge is 0.435 e. The number of nitrogens with one attached hydrogen (secondary N) is 1. The molecule has 0 fully saturated rings. The van der Waals surface area contributed by atoms with Gasteiger partial charge in [-0.2, -0.15) is 8.78 Å². The summed E-state index contributed by atoms with van der Waals surface area (Å²) in [6.45, 7) is -1.37. The first kappa shape index (κ1) is 15.9. The smallest absolute Gasteiger partial charge is 0.387 e. The molecule has 2 aromatic carbocycles. The monoisotopic (exact) mass is 309 g/mol. The Balaban J connectivity index is 2.14. The molecule has 0 radical (unpaired) electrons. The van der Waals surface area contributed by atoms with Crippen molar-refractivity contribution in [3.05, 3.63) is 59.4 Å². The zero-order chi connectivity index (χ0) is 16.1. The number of carbonyl (C=O) groups excluding carboxylic acids is 1. The van der Waals surface area contributed by atoms with E-state index in [4.69, 9.17) is 0 Å². The Kier molecular flexibility index (Phi) is 5.04. The Morgan fingerprint density at radius 2 is 1.95 bits per heavy atom. The maximum atomic E-state index is 13.7. The number of anilines is 1. The van der Waals surface area contributed by atoms with Crippen LogP contribution in [0.15, 0.2) is 42.5 Å². The molecule has 0 atom stereocenters. The van der Waals surface area contributed by atoms with Gasteiger partial charge in [0.2, 0.25) is 0 Å². The van der Waals surface area contributed by atoms with Crippen molar-refractivity contribution in [3.8, 4) is 5.75 Å². The summed E-state index contributed by atoms with van der Waals surface area (Å²) in [6.07, 6.45) is 0. The van der Waals surface area contributed by atoms with E-state index >= 15 is 0 Å². The quantitative estimate of drug-likeness (QED) is 0.811. The minimum atomic E-state index is -2.89. The van der Waals surface area contributed by atoms with Crippen LogP contribution in [0.2, 0.25) is 0 Å². The molecule has 116 valence electrons. The van der Waals surface area contributed by atoms with Gasteiger partial charge in [0.05, 0.1) is 5.56 Å². The number of rotatable bonds is 6. The lowest BCUT2D eigenvalue weighted by Gasteiger charge is -2.12. The summed E-state index contributed by atoms with van der Waals surface area (Å²) in [7, 11) is 0. The summed E-state index contributed by atoms with van der Waals surface area (Å²) in [5, 5.41) is 2.93. The van der Waals surface area contributed by atoms with Crippen LogP contribution in [0.3, 0.4) is 0 Å². The fourth-order valence-corrected chi connectivity index (χ4v) is 2.06. The molecule has 0 saturated carbocycles. The van der Waals surface area contributed by atoms with Gasteiger partial charge in [0.25, 0.3) is 0 Å². The van der Waals surface area contributed by atoms with Gasteiger partial charge in [-0.1, -0.05) is 18.2 Å². The molecule has 2 rings (SSSR count). The van der Waals surface area contributed by atoms with E-state index in [0.717, 1.165) is 0 Å². The summed E-state index contributed by atoms with van der Waals surface area (Å²) >= 11 is 0. The predicted molar refractivity (Wildman–Crippen MR) is 76.8 cm³/mol. The van der Waals surface area contributed by atoms with Crippen LogP contribution < -0.4 is 10.1 Å². The second-order valence-electron chi connectivity index (χ2n) is 4.60. The van der Waals surface area contributed by atoms with Crippen molar-refractivity contribution in [2.45, 2.75) is 20.1 Å². The van der Waals surface area contributed by atoms with E-state index in [1.165, 1.54) is 31.2 Å². The SMILES string of the molecule is CC(=O)c1c(F)cccc1NCc1cccc(OC(F)F)c1. The topological polar surface area (TPSA) is 38.3 Å². The van der Waals surface area contributed by atoms with Gasteiger partial charge in [-0.25, -0.2) is 4.39 Å². The normalized spacial score (nSPS) is 10.6. The number of alkyl halides is 2. The highest BCUT2D eigenvalue weighted by atomic mass is 19.3. The van der Waals surface area contributed by atoms with E-state index < -0.39 is 18.2 Å². The van der Waals surface area contributed by atoms with Gasteiger partial charge in [0, 0.05) is 12.2 Å². The van der Waals surface area contributed by atoms with Crippen molar-refractivity contribution in [3.63, 3.8) is 0 Å². The lowest BCUT2D eigenvalue weighted by Crippen LogP contribution is -2.07. The van der Waals surface area contributed by atoms with Crippen LogP contribution in [-0.4, -0.2) is 12.4 Å². The van der Waals surface area contributed by atoms with Gasteiger partial charge in [0.15, 0.2) is 5.78 Å². The number of ketones is 1. The van der Waals surface area contributed by atoms with E-state index in [-0.39, 0.29) is 17.9 Å². The minimum absolute atomic E-state index is 0.0255. The third-order valence-electron chi connectivity index (χ3n) is 2.97. The maximum absolute atomic E-state index is 13.7. The van der Waals surface area contributed by atoms with Crippen molar-refractivity contribution in [1.82, 2.24) is 0 Å². The Morgan fingerprint density at radius 1 is 1.23 bits per heavy atom. The average molecular weight is 309 g/mol. The van der Waals surface area contributed by atoms with Gasteiger partial charge >= 0.3 is 6.61 Å². The summed E-state index contributed by atoms with van der Waals surface area (Å²) in [5.74, 6) is -0.956. The molecule has 0 bridgehead atoms. The first-order valence-electron chi connectivity index (χ1n) is 6.54. The highest BCUT2D eigenvalue weighted by Crippen LogP contribution is 2.21. The van der Waals surface area contributed by atoms with E-state index in [0.29, 0.717) is 11.3 Å². The first-order valence-corrected chi connectivity index (χ1v) is 6.54. The third kappa shape index (κ3) is 4.00. The highest BCUT2D eigenvalue weighted by molar-refractivity contribution is 5.99. The van der Waals surface area contributed by atoms with Gasteiger partial charge in [-0.15, -0.1) is 0 Å². The molecule has 3 nitrogen and oxygen atoms in total. The average Bonchev–Trinajstić information content (AvgIpc) is 2.44. The Hall–Kier alpha value is -2.50. The lowest BCUT2D eigenvalue weighted by molar-refractivity contribution is -0.0498. The molecule has 0 amide bonds. The summed E-state index contributed by atoms with van der Waals surface area (Å²) in [5.41, 5.74) is 0.993. The molecular formula is C16H14F3NO2. The van der Waals surface area contributed by atoms with Crippen LogP contribution in [0.25, 0.3) is 0 Å². The number of hydrogen-bond donors (Lipinski definition) is 1. The van der Waals surface area contributed by atoms with Crippen LogP contribution in [0.4, 0.5) is 18.9 Å². The van der Waals surface area contributed by atoms with E-state index in [9.17, 15) is 18.0 Å². The molecule has 0 unspecified atom stereocenters. The molecule has 0 saturated heterocycles. The molecule has 22 heavy (non-hydrogen) atoms. The molecule has 0 heterocycles. The number of halogens is 3. The van der Waals surface area contributed by atoms with Crippen molar-refractivity contribution in [2.24, 2.45) is 0 Å². The molecule has 1 N–H and O–H groups in total. The Bertz CT molecular complexity index is 674. The van der Waals surface area contributed by atoms with Crippen LogP contribution in [0.5, 0.6) is 5.75 Å². The Morgan fingerprint density at radius 3 is 2.64 bits per heavy atom. The van der Waals surface area contributed by atoms with Crippen LogP contribution in [0, 0.1) is 5.82 Å². The molecule has 0 aliphatic heterocycles. The fraction of sp³-hybridized carbons (Fsp3) is 0.188. The van der Waals surface area contributed by atoms with Gasteiger partial charge in [-0.05, 0) is 36.8 Å². The minimum Gasteiger partial charge on any atom is -0.435 e. The lowest BCUT2D eigenvalue weighted by atomic mass is 10.1. The maximum Gasteiger partial charge on any atom is 0.387 e. The van der Waals surface area contributed by atoms with E-state index in [1.807, 2.05) is 0 Å². The molecule has 2 aromatic rings. The third-order valence-corrected chi connectivity index (χ3v) is 2.97. The molecule has 0 aliphatic rings. The molecule has 6 heteroatoms. The Labute approximate surface area is 125 Å². The second kappa shape index (κ2) is 6.98. The zero-order valence-corrected chi connectivity index (χ0v) is 11.8. The van der Waals surface area contributed by atoms with Gasteiger partial charge in [0.1, 0.15) is 11.6 Å². The van der Waals surface area contributed by atoms with Crippen molar-refractivity contribution in [2.75, 3.05) is 5.32 Å². The predicted octanol–water partition coefficient (Wildman–Crippen LogP) is 4.24. The van der Waals surface area contributed by atoms with E-state index in [2.05, 4.69) is 10.1 Å². The molecule has 0 aromatic heterocycles. The molecule has 0 aliphatic carbocycles. The number of Topliss-reactive ketones (excluding diaryl/α,β-unsaturated/α-hetero) is 1. The molecule has 0 spiro atoms. The number of benzene rings is 2. The summed E-state index contributed by atoms with van der Waals surface area (Å²) in [6, 6.07) is 10.4. The second-order valence-corrected chi connectivity index (χ2v) is 4.60. The van der Waals surface area contributed by atoms with Crippen molar-refractivity contribution in [1.29, 1.82) is 0 Å². The number of carbonyl (C=O) groups is 1. The standard InChI is InChI=1S/C16H14F3NO2/c1-10(21)15-13(17)6-3-7-14(15)20-9-11-4-2-5-12(8-11)22-16(18)19/h2-8,16,20H,9H2,1H3. The number of hydrogen-bond acceptors (Lipinski definition) is 3. The van der Waals surface area contributed by atoms with Crippen molar-refractivity contribution >= 4 is 11.5 Å². The van der Waals surface area contributed by atoms with Crippen LogP contribution in [0.1, 0.15) is 22.8 Å². The van der Waals surface area contributed by atoms with E-state index in [1.54, 1.807) is 18.2 Å². The van der Waals surface area contributed by atoms with Gasteiger partial charge < -0.3 is 10.1 Å².